The monoisotopic (exact) mass is 168 g/mol. The summed E-state index contributed by atoms with van der Waals surface area (Å²) in [7, 11) is 0. The summed E-state index contributed by atoms with van der Waals surface area (Å²) in [6, 6.07) is 0. The van der Waals surface area contributed by atoms with Gasteiger partial charge in [-0.25, -0.2) is 0 Å². The van der Waals surface area contributed by atoms with Gasteiger partial charge in [0.25, 0.3) is 0 Å². The van der Waals surface area contributed by atoms with Crippen LogP contribution in [0.4, 0.5) is 0 Å². The largest absolute Gasteiger partial charge is 0.0991 e. The van der Waals surface area contributed by atoms with Gasteiger partial charge < -0.3 is 0 Å². The fraction of sp³-hybridized carbons (Fsp3) is 0.0769. The molecule has 0 aromatic carbocycles. The van der Waals surface area contributed by atoms with Crippen LogP contribution in [0, 0.1) is 5.92 Å². The second-order valence-corrected chi connectivity index (χ2v) is 3.15. The van der Waals surface area contributed by atoms with Crippen LogP contribution in [-0.2, 0) is 0 Å². The second kappa shape index (κ2) is 3.44. The van der Waals surface area contributed by atoms with E-state index < -0.39 is 0 Å². The van der Waals surface area contributed by atoms with Crippen molar-refractivity contribution in [2.24, 2.45) is 5.92 Å². The predicted octanol–water partition coefficient (Wildman–Crippen LogP) is 3.34. The van der Waals surface area contributed by atoms with E-state index in [1.54, 1.807) is 0 Å². The van der Waals surface area contributed by atoms with Crippen LogP contribution in [0.3, 0.4) is 0 Å². The van der Waals surface area contributed by atoms with Crippen molar-refractivity contribution >= 4 is 0 Å². The average Bonchev–Trinajstić information content (AvgIpc) is 2.19. The minimum Gasteiger partial charge on any atom is -0.0991 e. The molecule has 0 aromatic rings. The Balaban J connectivity index is 2.39. The Labute approximate surface area is 79.0 Å². The second-order valence-electron chi connectivity index (χ2n) is 3.15. The van der Waals surface area contributed by atoms with E-state index in [1.165, 1.54) is 11.1 Å². The molecular weight excluding hydrogens is 156 g/mol. The Morgan fingerprint density at radius 1 is 1.15 bits per heavy atom. The number of allylic oxidation sites excluding steroid dienone is 11. The Hall–Kier alpha value is -1.56. The maximum Gasteiger partial charge on any atom is 0.0272 e. The molecule has 0 radical (unpaired) electrons. The standard InChI is InChI=1S/C13H12/c1-2-6-11-8-5-9-12-7-3-4-10-13(11)12/h2-10,13H,1H2/b11-6-. The fourth-order valence-electron chi connectivity index (χ4n) is 1.69. The Bertz CT molecular complexity index is 359. The molecule has 0 bridgehead atoms. The summed E-state index contributed by atoms with van der Waals surface area (Å²) in [4.78, 5) is 0. The van der Waals surface area contributed by atoms with Gasteiger partial charge in [0.15, 0.2) is 0 Å². The lowest BCUT2D eigenvalue weighted by atomic mass is 9.84. The van der Waals surface area contributed by atoms with Gasteiger partial charge in [0, 0.05) is 5.92 Å². The Morgan fingerprint density at radius 2 is 2.08 bits per heavy atom. The highest BCUT2D eigenvalue weighted by atomic mass is 14.2. The number of hydrogen-bond acceptors (Lipinski definition) is 0. The van der Waals surface area contributed by atoms with Crippen molar-refractivity contribution in [2.45, 2.75) is 0 Å². The van der Waals surface area contributed by atoms with Crippen LogP contribution in [-0.4, -0.2) is 0 Å². The number of rotatable bonds is 1. The lowest BCUT2D eigenvalue weighted by Gasteiger charge is -2.20. The molecule has 2 rings (SSSR count). The first-order chi connectivity index (χ1) is 6.42. The first kappa shape index (κ1) is 8.06. The van der Waals surface area contributed by atoms with E-state index in [0.29, 0.717) is 5.92 Å². The van der Waals surface area contributed by atoms with Gasteiger partial charge in [-0.2, -0.15) is 0 Å². The molecular formula is C13H12. The van der Waals surface area contributed by atoms with Crippen molar-refractivity contribution in [1.29, 1.82) is 0 Å². The lowest BCUT2D eigenvalue weighted by molar-refractivity contribution is 0.932. The van der Waals surface area contributed by atoms with E-state index in [2.05, 4.69) is 55.2 Å². The number of hydrogen-bond donors (Lipinski definition) is 0. The first-order valence-electron chi connectivity index (χ1n) is 4.47. The van der Waals surface area contributed by atoms with Crippen molar-refractivity contribution in [2.75, 3.05) is 0 Å². The first-order valence-corrected chi connectivity index (χ1v) is 4.47. The van der Waals surface area contributed by atoms with Gasteiger partial charge in [-0.15, -0.1) is 0 Å². The fourth-order valence-corrected chi connectivity index (χ4v) is 1.69. The van der Waals surface area contributed by atoms with Gasteiger partial charge in [0.2, 0.25) is 0 Å². The van der Waals surface area contributed by atoms with Crippen molar-refractivity contribution in [3.63, 3.8) is 0 Å². The summed E-state index contributed by atoms with van der Waals surface area (Å²) >= 11 is 0. The summed E-state index contributed by atoms with van der Waals surface area (Å²) in [6.45, 7) is 3.72. The molecule has 2 aliphatic carbocycles. The predicted molar refractivity (Wildman–Crippen MR) is 57.3 cm³/mol. The molecule has 0 aliphatic heterocycles. The van der Waals surface area contributed by atoms with Gasteiger partial charge in [-0.05, 0) is 11.1 Å². The van der Waals surface area contributed by atoms with Crippen LogP contribution in [0.15, 0.2) is 72.4 Å². The lowest BCUT2D eigenvalue weighted by Crippen LogP contribution is -2.06. The summed E-state index contributed by atoms with van der Waals surface area (Å²) in [5, 5.41) is 0. The highest BCUT2D eigenvalue weighted by Gasteiger charge is 2.15. The molecule has 0 heterocycles. The SMILES string of the molecule is C=C/C=C1/C=CC=C2C=CC=CC21. The summed E-state index contributed by atoms with van der Waals surface area (Å²) < 4.78 is 0. The third-order valence-electron chi connectivity index (χ3n) is 2.31. The average molecular weight is 168 g/mol. The normalized spacial score (nSPS) is 27.2. The zero-order chi connectivity index (χ0) is 9.10. The highest BCUT2D eigenvalue weighted by molar-refractivity contribution is 5.49. The molecule has 0 amide bonds. The van der Waals surface area contributed by atoms with Crippen molar-refractivity contribution in [3.05, 3.63) is 72.4 Å². The number of fused-ring (bicyclic) bond motifs is 1. The van der Waals surface area contributed by atoms with E-state index in [1.807, 2.05) is 6.08 Å². The molecule has 1 unspecified atom stereocenters. The summed E-state index contributed by atoms with van der Waals surface area (Å²) in [5.41, 5.74) is 2.67. The van der Waals surface area contributed by atoms with E-state index in [4.69, 9.17) is 0 Å². The summed E-state index contributed by atoms with van der Waals surface area (Å²) in [5.74, 6) is 0.438. The van der Waals surface area contributed by atoms with E-state index in [0.717, 1.165) is 0 Å². The van der Waals surface area contributed by atoms with Crippen molar-refractivity contribution < 1.29 is 0 Å². The molecule has 0 fully saturated rings. The molecule has 0 spiro atoms. The Morgan fingerprint density at radius 3 is 2.92 bits per heavy atom. The van der Waals surface area contributed by atoms with Gasteiger partial charge in [0.05, 0.1) is 0 Å². The van der Waals surface area contributed by atoms with Gasteiger partial charge in [-0.1, -0.05) is 61.3 Å². The van der Waals surface area contributed by atoms with Gasteiger partial charge >= 0.3 is 0 Å². The maximum atomic E-state index is 3.72. The van der Waals surface area contributed by atoms with E-state index in [-0.39, 0.29) is 0 Å². The van der Waals surface area contributed by atoms with E-state index >= 15 is 0 Å². The maximum absolute atomic E-state index is 3.72. The quantitative estimate of drug-likeness (QED) is 0.563. The Kier molecular flexibility index (Phi) is 2.13. The molecule has 0 nitrogen and oxygen atoms in total. The smallest absolute Gasteiger partial charge is 0.0272 e. The van der Waals surface area contributed by atoms with Crippen LogP contribution >= 0.6 is 0 Å². The van der Waals surface area contributed by atoms with E-state index in [9.17, 15) is 0 Å². The van der Waals surface area contributed by atoms with Crippen LogP contribution in [0.5, 0.6) is 0 Å². The van der Waals surface area contributed by atoms with Crippen LogP contribution in [0.2, 0.25) is 0 Å². The molecule has 2 aliphatic rings. The van der Waals surface area contributed by atoms with Crippen LogP contribution < -0.4 is 0 Å². The summed E-state index contributed by atoms with van der Waals surface area (Å²) in [6.07, 6.45) is 18.8. The molecule has 0 heteroatoms. The topological polar surface area (TPSA) is 0 Å². The van der Waals surface area contributed by atoms with Crippen molar-refractivity contribution in [1.82, 2.24) is 0 Å². The third-order valence-corrected chi connectivity index (χ3v) is 2.31. The van der Waals surface area contributed by atoms with Crippen molar-refractivity contribution in [3.8, 4) is 0 Å². The molecule has 1 atom stereocenters. The molecule has 0 saturated heterocycles. The van der Waals surface area contributed by atoms with Crippen LogP contribution in [0.1, 0.15) is 0 Å². The highest BCUT2D eigenvalue weighted by Crippen LogP contribution is 2.30. The molecule has 0 aromatic heterocycles. The molecule has 0 saturated carbocycles. The van der Waals surface area contributed by atoms with Gasteiger partial charge in [0.1, 0.15) is 0 Å². The molecule has 0 N–H and O–H groups in total. The zero-order valence-electron chi connectivity index (χ0n) is 7.48. The minimum absolute atomic E-state index is 0.438. The van der Waals surface area contributed by atoms with Gasteiger partial charge in [-0.3, -0.25) is 0 Å². The molecule has 64 valence electrons. The zero-order valence-corrected chi connectivity index (χ0v) is 7.48. The minimum atomic E-state index is 0.438. The molecule has 13 heavy (non-hydrogen) atoms. The van der Waals surface area contributed by atoms with Crippen LogP contribution in [0.25, 0.3) is 0 Å². The third kappa shape index (κ3) is 1.48.